The lowest BCUT2D eigenvalue weighted by molar-refractivity contribution is 0.758. The van der Waals surface area contributed by atoms with E-state index in [1.807, 2.05) is 6.07 Å². The Morgan fingerprint density at radius 3 is 3.00 bits per heavy atom. The van der Waals surface area contributed by atoms with Gasteiger partial charge in [0.1, 0.15) is 0 Å². The number of fused-ring (bicyclic) bond motifs is 1. The summed E-state index contributed by atoms with van der Waals surface area (Å²) < 4.78 is 0. The molecule has 0 saturated heterocycles. The van der Waals surface area contributed by atoms with Crippen LogP contribution >= 0.6 is 0 Å². The van der Waals surface area contributed by atoms with E-state index in [9.17, 15) is 0 Å². The molecule has 0 fully saturated rings. The van der Waals surface area contributed by atoms with Crippen molar-refractivity contribution in [1.29, 1.82) is 0 Å². The molecular formula is C9H11N2. The molecule has 1 radical (unpaired) electrons. The van der Waals surface area contributed by atoms with Crippen LogP contribution in [0.1, 0.15) is 0 Å². The second-order valence-corrected chi connectivity index (χ2v) is 2.79. The molecule has 0 spiro atoms. The number of anilines is 1. The number of rotatable bonds is 0. The van der Waals surface area contributed by atoms with Crippen LogP contribution in [0.15, 0.2) is 24.3 Å². The molecule has 0 saturated carbocycles. The number of benzene rings is 1. The van der Waals surface area contributed by atoms with Crippen molar-refractivity contribution in [3.63, 3.8) is 0 Å². The van der Waals surface area contributed by atoms with Crippen molar-refractivity contribution in [3.05, 3.63) is 24.3 Å². The van der Waals surface area contributed by atoms with E-state index in [0.29, 0.717) is 0 Å². The molecule has 1 aliphatic rings. The van der Waals surface area contributed by atoms with E-state index in [-0.39, 0.29) is 0 Å². The second-order valence-electron chi connectivity index (χ2n) is 2.79. The Morgan fingerprint density at radius 2 is 2.18 bits per heavy atom. The van der Waals surface area contributed by atoms with Crippen molar-refractivity contribution in [3.8, 4) is 0 Å². The summed E-state index contributed by atoms with van der Waals surface area (Å²) in [5.74, 6) is 0. The summed E-state index contributed by atoms with van der Waals surface area (Å²) in [4.78, 5) is 2.24. The molecule has 2 heteroatoms. The monoisotopic (exact) mass is 147 g/mol. The van der Waals surface area contributed by atoms with E-state index in [1.165, 1.54) is 5.69 Å². The first-order valence-corrected chi connectivity index (χ1v) is 3.85. The molecule has 57 valence electrons. The number of nitrogens with zero attached hydrogens (tertiary/aromatic N) is 2. The van der Waals surface area contributed by atoms with Gasteiger partial charge in [0.2, 0.25) is 0 Å². The molecule has 1 heterocycles. The summed E-state index contributed by atoms with van der Waals surface area (Å²) in [5, 5.41) is 4.40. The lowest BCUT2D eigenvalue weighted by atomic mass is 10.2. The number of hydrogen-bond donors (Lipinski definition) is 0. The molecule has 0 N–H and O–H groups in total. The van der Waals surface area contributed by atoms with Crippen LogP contribution in [-0.4, -0.2) is 20.1 Å². The molecule has 1 aromatic rings. The van der Waals surface area contributed by atoms with E-state index in [2.05, 4.69) is 35.5 Å². The van der Waals surface area contributed by atoms with E-state index in [4.69, 9.17) is 0 Å². The van der Waals surface area contributed by atoms with Gasteiger partial charge in [-0.15, -0.1) is 0 Å². The molecule has 2 nitrogen and oxygen atoms in total. The maximum Gasteiger partial charge on any atom is 0.0808 e. The zero-order valence-electron chi connectivity index (χ0n) is 6.62. The highest BCUT2D eigenvalue weighted by Crippen LogP contribution is 2.26. The van der Waals surface area contributed by atoms with Gasteiger partial charge in [0.25, 0.3) is 0 Å². The van der Waals surface area contributed by atoms with Crippen LogP contribution in [0.2, 0.25) is 0 Å². The smallest absolute Gasteiger partial charge is 0.0808 e. The van der Waals surface area contributed by atoms with Gasteiger partial charge in [-0.2, -0.15) is 0 Å². The Kier molecular flexibility index (Phi) is 1.46. The van der Waals surface area contributed by atoms with Gasteiger partial charge in [0.05, 0.1) is 17.9 Å². The number of para-hydroxylation sites is 2. The topological polar surface area (TPSA) is 17.3 Å². The first-order valence-electron chi connectivity index (χ1n) is 3.85. The summed E-state index contributed by atoms with van der Waals surface area (Å²) in [6, 6.07) is 8.25. The van der Waals surface area contributed by atoms with Gasteiger partial charge >= 0.3 is 0 Å². The highest BCUT2D eigenvalue weighted by molar-refractivity contribution is 5.67. The summed E-state index contributed by atoms with van der Waals surface area (Å²) in [7, 11) is 2.10. The molecule has 0 unspecified atom stereocenters. The Hall–Kier alpha value is -1.18. The zero-order chi connectivity index (χ0) is 7.68. The lowest BCUT2D eigenvalue weighted by Crippen LogP contribution is -2.29. The molecule has 2 rings (SSSR count). The van der Waals surface area contributed by atoms with Crippen LogP contribution in [0.5, 0.6) is 0 Å². The van der Waals surface area contributed by atoms with Gasteiger partial charge in [-0.3, -0.25) is 5.32 Å². The van der Waals surface area contributed by atoms with Crippen LogP contribution in [0.4, 0.5) is 11.4 Å². The van der Waals surface area contributed by atoms with Gasteiger partial charge in [-0.25, -0.2) is 0 Å². The molecule has 1 aromatic carbocycles. The maximum atomic E-state index is 4.40. The lowest BCUT2D eigenvalue weighted by Gasteiger charge is -2.26. The Bertz CT molecular complexity index is 257. The van der Waals surface area contributed by atoms with E-state index >= 15 is 0 Å². The average molecular weight is 147 g/mol. The Morgan fingerprint density at radius 1 is 1.36 bits per heavy atom. The fourth-order valence-corrected chi connectivity index (χ4v) is 1.36. The predicted octanol–water partition coefficient (Wildman–Crippen LogP) is 1.37. The molecule has 0 aromatic heterocycles. The third kappa shape index (κ3) is 1.04. The Labute approximate surface area is 66.8 Å². The van der Waals surface area contributed by atoms with Gasteiger partial charge < -0.3 is 4.90 Å². The maximum absolute atomic E-state index is 4.40. The van der Waals surface area contributed by atoms with Crippen LogP contribution in [-0.2, 0) is 0 Å². The highest BCUT2D eigenvalue weighted by atomic mass is 15.2. The fourth-order valence-electron chi connectivity index (χ4n) is 1.36. The van der Waals surface area contributed by atoms with E-state index in [1.54, 1.807) is 0 Å². The highest BCUT2D eigenvalue weighted by Gasteiger charge is 2.11. The minimum atomic E-state index is 0.924. The third-order valence-electron chi connectivity index (χ3n) is 2.01. The van der Waals surface area contributed by atoms with Crippen molar-refractivity contribution in [2.24, 2.45) is 0 Å². The van der Waals surface area contributed by atoms with Crippen molar-refractivity contribution >= 4 is 11.4 Å². The molecule has 0 amide bonds. The van der Waals surface area contributed by atoms with Crippen molar-refractivity contribution < 1.29 is 0 Å². The average Bonchev–Trinajstić information content (AvgIpc) is 2.06. The van der Waals surface area contributed by atoms with Crippen LogP contribution in [0, 0.1) is 0 Å². The zero-order valence-corrected chi connectivity index (χ0v) is 6.62. The minimum Gasteiger partial charge on any atom is -0.371 e. The van der Waals surface area contributed by atoms with Gasteiger partial charge in [-0.05, 0) is 12.1 Å². The summed E-state index contributed by atoms with van der Waals surface area (Å²) >= 11 is 0. The van der Waals surface area contributed by atoms with Gasteiger partial charge in [0.15, 0.2) is 0 Å². The van der Waals surface area contributed by atoms with Crippen molar-refractivity contribution in [1.82, 2.24) is 5.32 Å². The van der Waals surface area contributed by atoms with Crippen molar-refractivity contribution in [2.45, 2.75) is 0 Å². The standard InChI is InChI=1S/C9H11N2/c1-11-7-6-10-8-4-2-3-5-9(8)11/h2-5H,6-7H2,1H3. The quantitative estimate of drug-likeness (QED) is 0.541. The molecule has 0 bridgehead atoms. The summed E-state index contributed by atoms with van der Waals surface area (Å²) in [6.45, 7) is 1.96. The van der Waals surface area contributed by atoms with Gasteiger partial charge in [-0.1, -0.05) is 12.1 Å². The molecule has 1 aliphatic heterocycles. The summed E-state index contributed by atoms with van der Waals surface area (Å²) in [6.07, 6.45) is 0. The van der Waals surface area contributed by atoms with Crippen LogP contribution < -0.4 is 10.2 Å². The second kappa shape index (κ2) is 2.46. The normalized spacial score (nSPS) is 15.5. The van der Waals surface area contributed by atoms with Gasteiger partial charge in [0, 0.05) is 13.6 Å². The van der Waals surface area contributed by atoms with Crippen LogP contribution in [0.25, 0.3) is 0 Å². The number of likely N-dealkylation sites (N-methyl/N-ethyl adjacent to an activating group) is 1. The van der Waals surface area contributed by atoms with Crippen LogP contribution in [0.3, 0.4) is 0 Å². The van der Waals surface area contributed by atoms with E-state index < -0.39 is 0 Å². The minimum absolute atomic E-state index is 0.924. The van der Waals surface area contributed by atoms with E-state index in [0.717, 1.165) is 18.8 Å². The summed E-state index contributed by atoms with van der Waals surface area (Å²) in [5.41, 5.74) is 2.38. The largest absolute Gasteiger partial charge is 0.371 e. The third-order valence-corrected chi connectivity index (χ3v) is 2.01. The molecule has 0 atom stereocenters. The predicted molar refractivity (Wildman–Crippen MR) is 46.4 cm³/mol. The molecular weight excluding hydrogens is 136 g/mol. The first kappa shape index (κ1) is 6.53. The first-order chi connectivity index (χ1) is 5.38. The Balaban J connectivity index is 2.44. The molecule has 0 aliphatic carbocycles. The molecule has 11 heavy (non-hydrogen) atoms. The van der Waals surface area contributed by atoms with Crippen molar-refractivity contribution in [2.75, 3.05) is 25.0 Å². The number of hydrogen-bond acceptors (Lipinski definition) is 1. The fraction of sp³-hybridized carbons (Fsp3) is 0.333. The SMILES string of the molecule is CN1CC[N]c2ccccc21.